The number of hydrogen-bond acceptors (Lipinski definition) is 3. The molecule has 5 heteroatoms. The van der Waals surface area contributed by atoms with Crippen molar-refractivity contribution in [2.75, 3.05) is 7.11 Å². The van der Waals surface area contributed by atoms with Gasteiger partial charge in [0.05, 0.1) is 17.1 Å². The fraction of sp³-hybridized carbons (Fsp3) is 0.0833. The summed E-state index contributed by atoms with van der Waals surface area (Å²) in [4.78, 5) is 10.5. The van der Waals surface area contributed by atoms with Crippen LogP contribution >= 0.6 is 15.9 Å². The molecule has 0 aliphatic carbocycles. The summed E-state index contributed by atoms with van der Waals surface area (Å²) in [5, 5.41) is 0. The lowest BCUT2D eigenvalue weighted by Crippen LogP contribution is -1.90. The Morgan fingerprint density at radius 3 is 2.76 bits per heavy atom. The number of benzene rings is 1. The van der Waals surface area contributed by atoms with E-state index in [0.29, 0.717) is 27.8 Å². The predicted octanol–water partition coefficient (Wildman–Crippen LogP) is 3.67. The first kappa shape index (κ1) is 11.9. The van der Waals surface area contributed by atoms with Crippen LogP contribution in [0.4, 0.5) is 4.39 Å². The molecule has 88 valence electrons. The highest BCUT2D eigenvalue weighted by molar-refractivity contribution is 9.10. The number of carbonyl (C=O) groups is 1. The van der Waals surface area contributed by atoms with Crippen LogP contribution in [0.15, 0.2) is 33.2 Å². The van der Waals surface area contributed by atoms with E-state index in [1.165, 1.54) is 25.3 Å². The van der Waals surface area contributed by atoms with Gasteiger partial charge in [-0.25, -0.2) is 4.39 Å². The highest BCUT2D eigenvalue weighted by atomic mass is 79.9. The van der Waals surface area contributed by atoms with Crippen LogP contribution in [0.25, 0.3) is 11.3 Å². The second-order valence-corrected chi connectivity index (χ2v) is 4.14. The molecule has 1 heterocycles. The molecule has 0 aliphatic rings. The number of ether oxygens (including phenoxy) is 1. The van der Waals surface area contributed by atoms with Crippen molar-refractivity contribution in [1.29, 1.82) is 0 Å². The molecule has 17 heavy (non-hydrogen) atoms. The second-order valence-electron chi connectivity index (χ2n) is 3.29. The Morgan fingerprint density at radius 1 is 1.41 bits per heavy atom. The first-order valence-corrected chi connectivity index (χ1v) is 5.53. The van der Waals surface area contributed by atoms with E-state index in [-0.39, 0.29) is 5.76 Å². The van der Waals surface area contributed by atoms with Crippen LogP contribution in [0.3, 0.4) is 0 Å². The average Bonchev–Trinajstić information content (AvgIpc) is 2.76. The molecule has 0 bridgehead atoms. The molecular weight excluding hydrogens is 291 g/mol. The molecule has 2 aromatic rings. The largest absolute Gasteiger partial charge is 0.495 e. The number of rotatable bonds is 3. The Morgan fingerprint density at radius 2 is 2.18 bits per heavy atom. The molecule has 0 saturated carbocycles. The fourth-order valence-corrected chi connectivity index (χ4v) is 2.11. The van der Waals surface area contributed by atoms with Gasteiger partial charge in [-0.2, -0.15) is 0 Å². The summed E-state index contributed by atoms with van der Waals surface area (Å²) >= 11 is 3.20. The summed E-state index contributed by atoms with van der Waals surface area (Å²) < 4.78 is 24.2. The van der Waals surface area contributed by atoms with Crippen LogP contribution in [0.2, 0.25) is 0 Å². The van der Waals surface area contributed by atoms with E-state index in [2.05, 4.69) is 15.9 Å². The third-order valence-electron chi connectivity index (χ3n) is 2.22. The molecule has 0 aliphatic heterocycles. The van der Waals surface area contributed by atoms with Crippen molar-refractivity contribution in [3.05, 3.63) is 40.3 Å². The molecule has 1 aromatic carbocycles. The molecule has 1 aromatic heterocycles. The fourth-order valence-electron chi connectivity index (χ4n) is 1.51. The number of carbonyl (C=O) groups excluding carboxylic acids is 1. The van der Waals surface area contributed by atoms with Crippen LogP contribution < -0.4 is 4.74 Å². The molecule has 0 amide bonds. The Kier molecular flexibility index (Phi) is 3.28. The van der Waals surface area contributed by atoms with Gasteiger partial charge in [-0.15, -0.1) is 0 Å². The molecule has 0 radical (unpaired) electrons. The van der Waals surface area contributed by atoms with Crippen LogP contribution in [0, 0.1) is 5.82 Å². The minimum atomic E-state index is -0.420. The SMILES string of the molecule is COc1c(Br)cc(F)cc1-c1ccc(C=O)o1. The van der Waals surface area contributed by atoms with Gasteiger partial charge >= 0.3 is 0 Å². The predicted molar refractivity (Wildman–Crippen MR) is 63.7 cm³/mol. The number of hydrogen-bond donors (Lipinski definition) is 0. The quantitative estimate of drug-likeness (QED) is 0.812. The van der Waals surface area contributed by atoms with E-state index in [4.69, 9.17) is 9.15 Å². The van der Waals surface area contributed by atoms with Crippen molar-refractivity contribution in [2.24, 2.45) is 0 Å². The molecular formula is C12H8BrFO3. The third-order valence-corrected chi connectivity index (χ3v) is 2.81. The van der Waals surface area contributed by atoms with E-state index in [9.17, 15) is 9.18 Å². The third kappa shape index (κ3) is 2.24. The Hall–Kier alpha value is -1.62. The number of furan rings is 1. The van der Waals surface area contributed by atoms with E-state index >= 15 is 0 Å². The van der Waals surface area contributed by atoms with Gasteiger partial charge in [0.25, 0.3) is 0 Å². The van der Waals surface area contributed by atoms with Crippen molar-refractivity contribution >= 4 is 22.2 Å². The zero-order chi connectivity index (χ0) is 12.4. The van der Waals surface area contributed by atoms with E-state index in [0.717, 1.165) is 0 Å². The smallest absolute Gasteiger partial charge is 0.185 e. The van der Waals surface area contributed by atoms with Gasteiger partial charge in [-0.3, -0.25) is 4.79 Å². The first-order chi connectivity index (χ1) is 8.15. The van der Waals surface area contributed by atoms with Crippen molar-refractivity contribution in [2.45, 2.75) is 0 Å². The van der Waals surface area contributed by atoms with Crippen LogP contribution in [-0.2, 0) is 0 Å². The maximum atomic E-state index is 13.3. The average molecular weight is 299 g/mol. The summed E-state index contributed by atoms with van der Waals surface area (Å²) in [7, 11) is 1.48. The Balaban J connectivity index is 2.60. The molecule has 0 fully saturated rings. The van der Waals surface area contributed by atoms with Crippen molar-refractivity contribution in [3.63, 3.8) is 0 Å². The van der Waals surface area contributed by atoms with Gasteiger partial charge in [-0.1, -0.05) is 0 Å². The van der Waals surface area contributed by atoms with E-state index in [1.807, 2.05) is 0 Å². The number of methoxy groups -OCH3 is 1. The summed E-state index contributed by atoms with van der Waals surface area (Å²) in [6, 6.07) is 5.69. The lowest BCUT2D eigenvalue weighted by molar-refractivity contribution is 0.110. The minimum absolute atomic E-state index is 0.183. The van der Waals surface area contributed by atoms with Gasteiger partial charge < -0.3 is 9.15 Å². The highest BCUT2D eigenvalue weighted by Gasteiger charge is 2.15. The van der Waals surface area contributed by atoms with Gasteiger partial charge in [0, 0.05) is 0 Å². The summed E-state index contributed by atoms with van der Waals surface area (Å²) in [5.74, 6) is 0.599. The molecule has 0 N–H and O–H groups in total. The number of halogens is 2. The normalized spacial score (nSPS) is 10.3. The van der Waals surface area contributed by atoms with Crippen molar-refractivity contribution in [3.8, 4) is 17.1 Å². The lowest BCUT2D eigenvalue weighted by Gasteiger charge is -2.08. The number of aldehydes is 1. The van der Waals surface area contributed by atoms with Gasteiger partial charge in [0.15, 0.2) is 12.0 Å². The first-order valence-electron chi connectivity index (χ1n) is 4.74. The topological polar surface area (TPSA) is 39.4 Å². The molecule has 0 saturated heterocycles. The second kappa shape index (κ2) is 4.71. The van der Waals surface area contributed by atoms with Gasteiger partial charge in [0.2, 0.25) is 0 Å². The van der Waals surface area contributed by atoms with E-state index < -0.39 is 5.82 Å². The maximum absolute atomic E-state index is 13.3. The standard InChI is InChI=1S/C12H8BrFO3/c1-16-12-9(4-7(14)5-10(12)13)11-3-2-8(6-15)17-11/h2-6H,1H3. The molecule has 0 unspecified atom stereocenters. The van der Waals surface area contributed by atoms with Gasteiger partial charge in [0.1, 0.15) is 17.3 Å². The monoisotopic (exact) mass is 298 g/mol. The molecule has 2 rings (SSSR count). The van der Waals surface area contributed by atoms with Gasteiger partial charge in [-0.05, 0) is 40.2 Å². The minimum Gasteiger partial charge on any atom is -0.495 e. The summed E-state index contributed by atoms with van der Waals surface area (Å²) in [5.41, 5.74) is 0.451. The molecule has 3 nitrogen and oxygen atoms in total. The lowest BCUT2D eigenvalue weighted by atomic mass is 10.1. The van der Waals surface area contributed by atoms with Crippen molar-refractivity contribution < 1.29 is 18.3 Å². The summed E-state index contributed by atoms with van der Waals surface area (Å²) in [6.45, 7) is 0. The van der Waals surface area contributed by atoms with Crippen LogP contribution in [-0.4, -0.2) is 13.4 Å². The Labute approximate surface area is 105 Å². The Bertz CT molecular complexity index is 563. The van der Waals surface area contributed by atoms with Crippen LogP contribution in [0.5, 0.6) is 5.75 Å². The van der Waals surface area contributed by atoms with E-state index in [1.54, 1.807) is 6.07 Å². The zero-order valence-corrected chi connectivity index (χ0v) is 10.5. The zero-order valence-electron chi connectivity index (χ0n) is 8.87. The highest BCUT2D eigenvalue weighted by Crippen LogP contribution is 2.37. The van der Waals surface area contributed by atoms with Crippen molar-refractivity contribution in [1.82, 2.24) is 0 Å². The maximum Gasteiger partial charge on any atom is 0.185 e. The summed E-state index contributed by atoms with van der Waals surface area (Å²) in [6.07, 6.45) is 0.588. The molecule has 0 spiro atoms. The van der Waals surface area contributed by atoms with Crippen LogP contribution in [0.1, 0.15) is 10.6 Å². The molecule has 0 atom stereocenters.